The highest BCUT2D eigenvalue weighted by Gasteiger charge is 2.13. The first-order valence-electron chi connectivity index (χ1n) is 5.22. The summed E-state index contributed by atoms with van der Waals surface area (Å²) in [4.78, 5) is 23.3. The van der Waals surface area contributed by atoms with Crippen LogP contribution in [0.15, 0.2) is 22.7 Å². The number of carbonyl (C=O) groups excluding carboxylic acids is 1. The fraction of sp³-hybridized carbons (Fsp3) is 0.333. The molecule has 0 saturated heterocycles. The summed E-state index contributed by atoms with van der Waals surface area (Å²) in [6.07, 6.45) is -0.492. The van der Waals surface area contributed by atoms with Crippen LogP contribution in [0.1, 0.15) is 12.0 Å². The molecule has 1 N–H and O–H groups in total. The van der Waals surface area contributed by atoms with Crippen molar-refractivity contribution in [3.8, 4) is 5.75 Å². The third-order valence-corrected chi connectivity index (χ3v) is 2.98. The highest BCUT2D eigenvalue weighted by atomic mass is 79.9. The first-order valence-corrected chi connectivity index (χ1v) is 6.01. The molecule has 0 aromatic heterocycles. The first kappa shape index (κ1) is 14.5. The van der Waals surface area contributed by atoms with Crippen LogP contribution in [0, 0.1) is 0 Å². The maximum atomic E-state index is 11.5. The summed E-state index contributed by atoms with van der Waals surface area (Å²) in [6, 6.07) is 5.45. The number of aliphatic carboxylic acids is 1. The molecule has 0 atom stereocenters. The molecule has 5 nitrogen and oxygen atoms in total. The van der Waals surface area contributed by atoms with Gasteiger partial charge in [-0.3, -0.25) is 9.59 Å². The van der Waals surface area contributed by atoms with Gasteiger partial charge >= 0.3 is 5.97 Å². The van der Waals surface area contributed by atoms with Crippen LogP contribution >= 0.6 is 15.9 Å². The minimum atomic E-state index is -1.12. The van der Waals surface area contributed by atoms with E-state index in [1.54, 1.807) is 20.2 Å². The average Bonchev–Trinajstić information content (AvgIpc) is 2.28. The molecular weight excluding hydrogens is 302 g/mol. The molecule has 0 heterocycles. The molecule has 1 rings (SSSR count). The summed E-state index contributed by atoms with van der Waals surface area (Å²) in [5.74, 6) is -0.838. The summed E-state index contributed by atoms with van der Waals surface area (Å²) in [5.41, 5.74) is 0.893. The van der Waals surface area contributed by atoms with E-state index in [9.17, 15) is 9.59 Å². The van der Waals surface area contributed by atoms with E-state index in [-0.39, 0.29) is 0 Å². The largest absolute Gasteiger partial charge is 0.496 e. The molecule has 1 aromatic rings. The van der Waals surface area contributed by atoms with Crippen LogP contribution in [-0.4, -0.2) is 36.0 Å². The number of methoxy groups -OCH3 is 1. The molecular formula is C12H14BrNO4. The van der Waals surface area contributed by atoms with Gasteiger partial charge in [-0.2, -0.15) is 0 Å². The minimum Gasteiger partial charge on any atom is -0.496 e. The van der Waals surface area contributed by atoms with Crippen LogP contribution in [-0.2, 0) is 16.1 Å². The Morgan fingerprint density at radius 3 is 2.61 bits per heavy atom. The molecule has 0 bridgehead atoms. The van der Waals surface area contributed by atoms with Gasteiger partial charge in [0.1, 0.15) is 12.2 Å². The van der Waals surface area contributed by atoms with Crippen LogP contribution in [0.2, 0.25) is 0 Å². The zero-order valence-corrected chi connectivity index (χ0v) is 11.7. The maximum Gasteiger partial charge on any atom is 0.312 e. The molecule has 0 radical (unpaired) electrons. The van der Waals surface area contributed by atoms with E-state index in [0.717, 1.165) is 10.0 Å². The van der Waals surface area contributed by atoms with Gasteiger partial charge in [0, 0.05) is 13.6 Å². The molecule has 0 aliphatic carbocycles. The number of amides is 1. The van der Waals surface area contributed by atoms with Gasteiger partial charge in [0.05, 0.1) is 11.6 Å². The van der Waals surface area contributed by atoms with Gasteiger partial charge in [-0.1, -0.05) is 6.07 Å². The Hall–Kier alpha value is -1.56. The molecule has 98 valence electrons. The Labute approximate surface area is 113 Å². The van der Waals surface area contributed by atoms with Crippen LogP contribution < -0.4 is 4.74 Å². The lowest BCUT2D eigenvalue weighted by molar-refractivity contribution is -0.143. The Balaban J connectivity index is 2.70. The predicted molar refractivity (Wildman–Crippen MR) is 69.4 cm³/mol. The van der Waals surface area contributed by atoms with Gasteiger partial charge in [0.25, 0.3) is 0 Å². The van der Waals surface area contributed by atoms with E-state index in [0.29, 0.717) is 12.3 Å². The molecule has 0 saturated carbocycles. The third kappa shape index (κ3) is 4.03. The number of benzene rings is 1. The van der Waals surface area contributed by atoms with E-state index in [1.807, 2.05) is 12.1 Å². The Kier molecular flexibility index (Phi) is 5.15. The predicted octanol–water partition coefficient (Wildman–Crippen LogP) is 1.89. The number of carbonyl (C=O) groups is 2. The number of nitrogens with zero attached hydrogens (tertiary/aromatic N) is 1. The number of ether oxygens (including phenoxy) is 1. The van der Waals surface area contributed by atoms with Gasteiger partial charge in [-0.25, -0.2) is 0 Å². The van der Waals surface area contributed by atoms with Crippen molar-refractivity contribution in [1.82, 2.24) is 4.90 Å². The standard InChI is InChI=1S/C12H14BrNO4/c1-14(11(15)6-12(16)17)7-8-3-4-10(18-2)9(13)5-8/h3-5H,6-7H2,1-2H3,(H,16,17). The fourth-order valence-electron chi connectivity index (χ4n) is 1.43. The van der Waals surface area contributed by atoms with E-state index < -0.39 is 18.3 Å². The first-order chi connectivity index (χ1) is 8.43. The smallest absolute Gasteiger partial charge is 0.312 e. The lowest BCUT2D eigenvalue weighted by atomic mass is 10.2. The zero-order valence-electron chi connectivity index (χ0n) is 10.1. The van der Waals surface area contributed by atoms with Gasteiger partial charge in [-0.05, 0) is 33.6 Å². The van der Waals surface area contributed by atoms with Crippen LogP contribution in [0.5, 0.6) is 5.75 Å². The Bertz CT molecular complexity index is 461. The molecule has 1 aromatic carbocycles. The van der Waals surface area contributed by atoms with Crippen LogP contribution in [0.25, 0.3) is 0 Å². The second kappa shape index (κ2) is 6.39. The summed E-state index contributed by atoms with van der Waals surface area (Å²) in [5, 5.41) is 8.54. The van der Waals surface area contributed by atoms with Crippen molar-refractivity contribution >= 4 is 27.8 Å². The van der Waals surface area contributed by atoms with Crippen molar-refractivity contribution < 1.29 is 19.4 Å². The normalized spacial score (nSPS) is 9.94. The quantitative estimate of drug-likeness (QED) is 0.843. The minimum absolute atomic E-state index is 0.356. The van der Waals surface area contributed by atoms with E-state index in [4.69, 9.17) is 9.84 Å². The maximum absolute atomic E-state index is 11.5. The van der Waals surface area contributed by atoms with Crippen LogP contribution in [0.3, 0.4) is 0 Å². The van der Waals surface area contributed by atoms with Crippen molar-refractivity contribution in [2.24, 2.45) is 0 Å². The number of carboxylic acids is 1. The molecule has 0 unspecified atom stereocenters. The average molecular weight is 316 g/mol. The highest BCUT2D eigenvalue weighted by Crippen LogP contribution is 2.25. The van der Waals surface area contributed by atoms with E-state index in [1.165, 1.54) is 4.90 Å². The third-order valence-electron chi connectivity index (χ3n) is 2.36. The second-order valence-electron chi connectivity index (χ2n) is 3.79. The van der Waals surface area contributed by atoms with E-state index >= 15 is 0 Å². The summed E-state index contributed by atoms with van der Waals surface area (Å²) in [7, 11) is 3.14. The molecule has 0 aliphatic heterocycles. The number of halogens is 1. The van der Waals surface area contributed by atoms with Crippen molar-refractivity contribution in [3.05, 3.63) is 28.2 Å². The summed E-state index contributed by atoms with van der Waals surface area (Å²) >= 11 is 3.35. The lowest BCUT2D eigenvalue weighted by Crippen LogP contribution is -2.28. The monoisotopic (exact) mass is 315 g/mol. The van der Waals surface area contributed by atoms with Crippen molar-refractivity contribution in [1.29, 1.82) is 0 Å². The van der Waals surface area contributed by atoms with Gasteiger partial charge in [-0.15, -0.1) is 0 Å². The van der Waals surface area contributed by atoms with Crippen molar-refractivity contribution in [2.45, 2.75) is 13.0 Å². The zero-order chi connectivity index (χ0) is 13.7. The molecule has 6 heteroatoms. The summed E-state index contributed by atoms with van der Waals surface area (Å²) < 4.78 is 5.89. The van der Waals surface area contributed by atoms with Gasteiger partial charge in [0.2, 0.25) is 5.91 Å². The number of hydrogen-bond donors (Lipinski definition) is 1. The second-order valence-corrected chi connectivity index (χ2v) is 4.64. The topological polar surface area (TPSA) is 66.8 Å². The van der Waals surface area contributed by atoms with Crippen molar-refractivity contribution in [3.63, 3.8) is 0 Å². The lowest BCUT2D eigenvalue weighted by Gasteiger charge is -2.16. The number of rotatable bonds is 5. The molecule has 0 aliphatic rings. The summed E-state index contributed by atoms with van der Waals surface area (Å²) in [6.45, 7) is 0.356. The molecule has 18 heavy (non-hydrogen) atoms. The SMILES string of the molecule is COc1ccc(CN(C)C(=O)CC(=O)O)cc1Br. The Morgan fingerprint density at radius 1 is 1.44 bits per heavy atom. The fourth-order valence-corrected chi connectivity index (χ4v) is 2.02. The molecule has 1 amide bonds. The number of hydrogen-bond acceptors (Lipinski definition) is 3. The van der Waals surface area contributed by atoms with Gasteiger partial charge in [0.15, 0.2) is 0 Å². The molecule has 0 spiro atoms. The highest BCUT2D eigenvalue weighted by molar-refractivity contribution is 9.10. The Morgan fingerprint density at radius 2 is 2.11 bits per heavy atom. The van der Waals surface area contributed by atoms with Crippen molar-refractivity contribution in [2.75, 3.05) is 14.2 Å². The number of carboxylic acid groups (broad SMARTS) is 1. The van der Waals surface area contributed by atoms with E-state index in [2.05, 4.69) is 15.9 Å². The molecule has 0 fully saturated rings. The van der Waals surface area contributed by atoms with Crippen LogP contribution in [0.4, 0.5) is 0 Å². The van der Waals surface area contributed by atoms with Gasteiger partial charge < -0.3 is 14.7 Å².